The maximum absolute atomic E-state index is 12.4. The van der Waals surface area contributed by atoms with Crippen molar-refractivity contribution in [3.8, 4) is 0 Å². The summed E-state index contributed by atoms with van der Waals surface area (Å²) < 4.78 is 5.45. The topological polar surface area (TPSA) is 77.5 Å². The van der Waals surface area contributed by atoms with E-state index in [1.54, 1.807) is 31.3 Å². The van der Waals surface area contributed by atoms with Crippen LogP contribution in [0.4, 0.5) is 0 Å². The maximum atomic E-state index is 12.4. The first kappa shape index (κ1) is 22.0. The van der Waals surface area contributed by atoms with E-state index in [1.807, 2.05) is 0 Å². The maximum Gasteiger partial charge on any atom is 0.261 e. The standard InChI is InChI=1S/C20H27N5O3.HI/c1-21-20(24-8-6-15(14-24)23-10-12-28-13-11-23)22-7-9-25-18(26)16-4-2-3-5-17(16)19(25)27;/h2-5,15H,6-14H2,1H3,(H,21,22);1H. The summed E-state index contributed by atoms with van der Waals surface area (Å²) in [7, 11) is 1.77. The van der Waals surface area contributed by atoms with Gasteiger partial charge in [0.2, 0.25) is 0 Å². The van der Waals surface area contributed by atoms with Crippen LogP contribution in [0.2, 0.25) is 0 Å². The number of nitrogens with zero attached hydrogens (tertiary/aromatic N) is 4. The van der Waals surface area contributed by atoms with E-state index in [9.17, 15) is 9.59 Å². The third-order valence-corrected chi connectivity index (χ3v) is 5.73. The van der Waals surface area contributed by atoms with Crippen LogP contribution in [0.1, 0.15) is 27.1 Å². The number of hydrogen-bond donors (Lipinski definition) is 1. The fraction of sp³-hybridized carbons (Fsp3) is 0.550. The number of carbonyl (C=O) groups is 2. The SMILES string of the molecule is CN=C(NCCN1C(=O)c2ccccc2C1=O)N1CCC(N2CCOCC2)C1.I. The Kier molecular flexibility index (Phi) is 7.47. The Morgan fingerprint density at radius 3 is 2.41 bits per heavy atom. The summed E-state index contributed by atoms with van der Waals surface area (Å²) in [6.45, 7) is 6.30. The molecule has 3 aliphatic rings. The molecule has 1 N–H and O–H groups in total. The zero-order chi connectivity index (χ0) is 19.5. The smallest absolute Gasteiger partial charge is 0.261 e. The highest BCUT2D eigenvalue weighted by molar-refractivity contribution is 14.0. The van der Waals surface area contributed by atoms with E-state index in [0.29, 0.717) is 30.3 Å². The number of guanidine groups is 1. The van der Waals surface area contributed by atoms with Crippen LogP contribution in [0.5, 0.6) is 0 Å². The number of halogens is 1. The van der Waals surface area contributed by atoms with Crippen molar-refractivity contribution in [1.82, 2.24) is 20.0 Å². The second-order valence-electron chi connectivity index (χ2n) is 7.32. The zero-order valence-electron chi connectivity index (χ0n) is 16.7. The molecule has 2 saturated heterocycles. The minimum Gasteiger partial charge on any atom is -0.379 e. The van der Waals surface area contributed by atoms with Crippen LogP contribution in [0.15, 0.2) is 29.3 Å². The lowest BCUT2D eigenvalue weighted by Crippen LogP contribution is -2.47. The van der Waals surface area contributed by atoms with E-state index in [-0.39, 0.29) is 35.8 Å². The molecule has 0 aromatic heterocycles. The Morgan fingerprint density at radius 1 is 1.14 bits per heavy atom. The Labute approximate surface area is 188 Å². The number of imide groups is 1. The molecule has 0 saturated carbocycles. The largest absolute Gasteiger partial charge is 0.379 e. The van der Waals surface area contributed by atoms with Gasteiger partial charge in [-0.3, -0.25) is 24.4 Å². The van der Waals surface area contributed by atoms with Crippen LogP contribution >= 0.6 is 24.0 Å². The molecule has 0 aliphatic carbocycles. The van der Waals surface area contributed by atoms with Gasteiger partial charge in [0.1, 0.15) is 0 Å². The number of aliphatic imine (C=N–C) groups is 1. The van der Waals surface area contributed by atoms with Gasteiger partial charge in [-0.25, -0.2) is 0 Å². The number of hydrogen-bond acceptors (Lipinski definition) is 5. The van der Waals surface area contributed by atoms with Gasteiger partial charge < -0.3 is 15.0 Å². The number of nitrogens with one attached hydrogen (secondary N) is 1. The summed E-state index contributed by atoms with van der Waals surface area (Å²) in [6, 6.07) is 7.51. The molecule has 0 bridgehead atoms. The van der Waals surface area contributed by atoms with Crippen molar-refractivity contribution >= 4 is 41.8 Å². The van der Waals surface area contributed by atoms with Gasteiger partial charge in [0.25, 0.3) is 11.8 Å². The molecule has 1 aromatic carbocycles. The minimum absolute atomic E-state index is 0. The van der Waals surface area contributed by atoms with Gasteiger partial charge in [0, 0.05) is 52.4 Å². The molecule has 0 radical (unpaired) electrons. The van der Waals surface area contributed by atoms with E-state index in [4.69, 9.17) is 4.74 Å². The van der Waals surface area contributed by atoms with Crippen LogP contribution in [0.25, 0.3) is 0 Å². The summed E-state index contributed by atoms with van der Waals surface area (Å²) in [6.07, 6.45) is 1.11. The number of benzene rings is 1. The number of ether oxygens (including phenoxy) is 1. The third-order valence-electron chi connectivity index (χ3n) is 5.73. The van der Waals surface area contributed by atoms with Crippen molar-refractivity contribution in [2.75, 3.05) is 59.5 Å². The van der Waals surface area contributed by atoms with Crippen LogP contribution in [-0.2, 0) is 4.74 Å². The molecule has 8 nitrogen and oxygen atoms in total. The molecular weight excluding hydrogens is 485 g/mol. The number of fused-ring (bicyclic) bond motifs is 1. The fourth-order valence-corrected chi connectivity index (χ4v) is 4.23. The van der Waals surface area contributed by atoms with E-state index in [2.05, 4.69) is 20.1 Å². The van der Waals surface area contributed by atoms with Crippen LogP contribution < -0.4 is 5.32 Å². The molecule has 1 unspecified atom stereocenters. The van der Waals surface area contributed by atoms with E-state index < -0.39 is 0 Å². The van der Waals surface area contributed by atoms with Crippen molar-refractivity contribution < 1.29 is 14.3 Å². The summed E-state index contributed by atoms with van der Waals surface area (Å²) in [4.78, 5) is 35.3. The van der Waals surface area contributed by atoms with Crippen molar-refractivity contribution in [2.24, 2.45) is 4.99 Å². The van der Waals surface area contributed by atoms with Crippen LogP contribution in [-0.4, -0.2) is 98.0 Å². The Morgan fingerprint density at radius 2 is 1.79 bits per heavy atom. The molecule has 158 valence electrons. The average molecular weight is 513 g/mol. The van der Waals surface area contributed by atoms with Crippen molar-refractivity contribution in [1.29, 1.82) is 0 Å². The molecule has 1 aromatic rings. The molecular formula is C20H28IN5O3. The van der Waals surface area contributed by atoms with Gasteiger partial charge in [-0.2, -0.15) is 0 Å². The lowest BCUT2D eigenvalue weighted by molar-refractivity contribution is 0.0195. The Balaban J connectivity index is 0.00000240. The molecule has 3 heterocycles. The van der Waals surface area contributed by atoms with E-state index >= 15 is 0 Å². The van der Waals surface area contributed by atoms with Crippen LogP contribution in [0, 0.1) is 0 Å². The normalized spacial score (nSPS) is 22.7. The van der Waals surface area contributed by atoms with Crippen LogP contribution in [0.3, 0.4) is 0 Å². The molecule has 1 atom stereocenters. The summed E-state index contributed by atoms with van der Waals surface area (Å²) in [5, 5.41) is 3.32. The van der Waals surface area contributed by atoms with E-state index in [1.165, 1.54) is 4.90 Å². The predicted octanol–water partition coefficient (Wildman–Crippen LogP) is 0.882. The predicted molar refractivity (Wildman–Crippen MR) is 121 cm³/mol. The van der Waals surface area contributed by atoms with Gasteiger partial charge in [-0.05, 0) is 18.6 Å². The lowest BCUT2D eigenvalue weighted by atomic mass is 10.1. The van der Waals surface area contributed by atoms with Crippen molar-refractivity contribution in [2.45, 2.75) is 12.5 Å². The first-order chi connectivity index (χ1) is 13.7. The summed E-state index contributed by atoms with van der Waals surface area (Å²) in [5.41, 5.74) is 0.981. The zero-order valence-corrected chi connectivity index (χ0v) is 19.0. The molecule has 2 amide bonds. The van der Waals surface area contributed by atoms with Gasteiger partial charge in [-0.15, -0.1) is 24.0 Å². The van der Waals surface area contributed by atoms with Crippen molar-refractivity contribution in [3.63, 3.8) is 0 Å². The fourth-order valence-electron chi connectivity index (χ4n) is 4.23. The molecule has 29 heavy (non-hydrogen) atoms. The average Bonchev–Trinajstić information content (AvgIpc) is 3.32. The van der Waals surface area contributed by atoms with Gasteiger partial charge >= 0.3 is 0 Å². The first-order valence-electron chi connectivity index (χ1n) is 9.91. The molecule has 9 heteroatoms. The highest BCUT2D eigenvalue weighted by Gasteiger charge is 2.35. The highest BCUT2D eigenvalue weighted by Crippen LogP contribution is 2.22. The second kappa shape index (κ2) is 9.86. The van der Waals surface area contributed by atoms with Gasteiger partial charge in [0.15, 0.2) is 5.96 Å². The number of carbonyl (C=O) groups excluding carboxylic acids is 2. The lowest BCUT2D eigenvalue weighted by Gasteiger charge is -2.32. The quantitative estimate of drug-likeness (QED) is 0.279. The third kappa shape index (κ3) is 4.56. The number of amides is 2. The van der Waals surface area contributed by atoms with Crippen molar-refractivity contribution in [3.05, 3.63) is 35.4 Å². The number of rotatable bonds is 4. The first-order valence-corrected chi connectivity index (χ1v) is 9.91. The highest BCUT2D eigenvalue weighted by atomic mass is 127. The molecule has 2 fully saturated rings. The molecule has 4 rings (SSSR count). The molecule has 3 aliphatic heterocycles. The Hall–Kier alpha value is -1.72. The number of likely N-dealkylation sites (tertiary alicyclic amines) is 1. The van der Waals surface area contributed by atoms with E-state index in [0.717, 1.165) is 51.8 Å². The minimum atomic E-state index is -0.217. The summed E-state index contributed by atoms with van der Waals surface area (Å²) >= 11 is 0. The molecule has 0 spiro atoms. The number of morpholine rings is 1. The summed E-state index contributed by atoms with van der Waals surface area (Å²) in [5.74, 6) is 0.393. The van der Waals surface area contributed by atoms with Gasteiger partial charge in [0.05, 0.1) is 24.3 Å². The monoisotopic (exact) mass is 513 g/mol. The Bertz CT molecular complexity index is 746. The van der Waals surface area contributed by atoms with Gasteiger partial charge in [-0.1, -0.05) is 12.1 Å². The second-order valence-corrected chi connectivity index (χ2v) is 7.32.